The number of hydrogen-bond donors (Lipinski definition) is 2. The van der Waals surface area contributed by atoms with Gasteiger partial charge >= 0.3 is 0 Å². The number of amides is 1. The minimum Gasteiger partial charge on any atom is -0.384 e. The van der Waals surface area contributed by atoms with Crippen LogP contribution in [0.4, 0.5) is 0 Å². The third kappa shape index (κ3) is 5.00. The summed E-state index contributed by atoms with van der Waals surface area (Å²) in [6, 6.07) is 6.23. The van der Waals surface area contributed by atoms with Crippen molar-refractivity contribution in [1.82, 2.24) is 29.8 Å². The molecule has 2 bridgehead atoms. The number of fused-ring (bicyclic) bond motifs is 3. The van der Waals surface area contributed by atoms with Crippen LogP contribution in [0.2, 0.25) is 0 Å². The van der Waals surface area contributed by atoms with Crippen LogP contribution in [0.15, 0.2) is 31.0 Å². The van der Waals surface area contributed by atoms with Crippen molar-refractivity contribution in [3.8, 4) is 0 Å². The highest BCUT2D eigenvalue weighted by Crippen LogP contribution is 2.61. The van der Waals surface area contributed by atoms with Gasteiger partial charge in [-0.1, -0.05) is 40.3 Å². The maximum absolute atomic E-state index is 14.0. The van der Waals surface area contributed by atoms with Gasteiger partial charge in [-0.2, -0.15) is 0 Å². The van der Waals surface area contributed by atoms with Crippen LogP contribution in [-0.4, -0.2) is 78.0 Å². The first kappa shape index (κ1) is 27.2. The highest BCUT2D eigenvalue weighted by Gasteiger charge is 2.53. The fourth-order valence-electron chi connectivity index (χ4n) is 7.50. The van der Waals surface area contributed by atoms with Crippen molar-refractivity contribution in [3.63, 3.8) is 0 Å². The Morgan fingerprint density at radius 2 is 1.97 bits per heavy atom. The molecule has 6 rings (SSSR count). The Kier molecular flexibility index (Phi) is 7.38. The lowest BCUT2D eigenvalue weighted by molar-refractivity contribution is -0.103. The summed E-state index contributed by atoms with van der Waals surface area (Å²) in [5, 5.41) is 7.16. The number of rotatable bonds is 9. The van der Waals surface area contributed by atoms with E-state index in [9.17, 15) is 4.79 Å². The minimum absolute atomic E-state index is 0.00309. The molecular formula is C31H48N6O. The second-order valence-electron chi connectivity index (χ2n) is 13.6. The van der Waals surface area contributed by atoms with Crippen LogP contribution in [0.5, 0.6) is 0 Å². The van der Waals surface area contributed by atoms with Gasteiger partial charge in [0.25, 0.3) is 5.91 Å². The van der Waals surface area contributed by atoms with E-state index in [1.54, 1.807) is 0 Å². The molecule has 0 radical (unpaired) electrons. The number of carbonyl (C=O) groups is 1. The standard InChI is InChI=1S/C31H48N6O/c1-21(33-18-22-11-12-23-17-24(22)31(23,4)5)26-9-8-10-28-34-25(19-37(26)28)29(38)36(16-15-35(6)7)27-13-14-32-20-30(27,2)3/h8-10,19,22-24,27,32-33H,1,11-18,20H2,2-7H3. The predicted molar refractivity (Wildman–Crippen MR) is 155 cm³/mol. The van der Waals surface area contributed by atoms with Gasteiger partial charge < -0.3 is 20.4 Å². The summed E-state index contributed by atoms with van der Waals surface area (Å²) in [4.78, 5) is 23.0. The Morgan fingerprint density at radius 1 is 1.18 bits per heavy atom. The Balaban J connectivity index is 1.35. The summed E-state index contributed by atoms with van der Waals surface area (Å²) in [7, 11) is 4.12. The van der Waals surface area contributed by atoms with E-state index in [0.717, 1.165) is 61.5 Å². The molecule has 4 fully saturated rings. The van der Waals surface area contributed by atoms with Crippen molar-refractivity contribution in [2.45, 2.75) is 59.4 Å². The highest BCUT2D eigenvalue weighted by molar-refractivity contribution is 5.93. The Hall–Kier alpha value is -2.38. The van der Waals surface area contributed by atoms with Crippen LogP contribution in [0.1, 0.15) is 69.6 Å². The SMILES string of the molecule is C=C(NCC1CCC2CC1C2(C)C)c1cccc2nc(C(=O)N(CCN(C)C)C3CCNCC3(C)C)cn12. The van der Waals surface area contributed by atoms with E-state index in [0.29, 0.717) is 23.6 Å². The molecule has 2 aromatic rings. The first-order valence-corrected chi connectivity index (χ1v) is 14.6. The zero-order valence-corrected chi connectivity index (χ0v) is 24.4. The molecule has 2 N–H and O–H groups in total. The lowest BCUT2D eigenvalue weighted by Gasteiger charge is -2.60. The summed E-state index contributed by atoms with van der Waals surface area (Å²) < 4.78 is 2.03. The second kappa shape index (κ2) is 10.3. The van der Waals surface area contributed by atoms with E-state index >= 15 is 0 Å². The molecule has 7 heteroatoms. The van der Waals surface area contributed by atoms with Gasteiger partial charge in [-0.3, -0.25) is 9.20 Å². The molecule has 0 aromatic carbocycles. The van der Waals surface area contributed by atoms with Gasteiger partial charge in [0.1, 0.15) is 11.3 Å². The van der Waals surface area contributed by atoms with E-state index in [-0.39, 0.29) is 17.4 Å². The van der Waals surface area contributed by atoms with Gasteiger partial charge in [0.15, 0.2) is 0 Å². The maximum Gasteiger partial charge on any atom is 0.274 e. The molecule has 1 saturated heterocycles. The lowest BCUT2D eigenvalue weighted by Crippen LogP contribution is -2.57. The summed E-state index contributed by atoms with van der Waals surface area (Å²) in [6.07, 6.45) is 6.90. The minimum atomic E-state index is -0.00309. The molecule has 3 aliphatic carbocycles. The predicted octanol–water partition coefficient (Wildman–Crippen LogP) is 4.36. The maximum atomic E-state index is 14.0. The Morgan fingerprint density at radius 3 is 2.66 bits per heavy atom. The topological polar surface area (TPSA) is 64.9 Å². The first-order chi connectivity index (χ1) is 18.0. The number of piperidine rings is 1. The van der Waals surface area contributed by atoms with Crippen molar-refractivity contribution in [3.05, 3.63) is 42.4 Å². The van der Waals surface area contributed by atoms with Crippen LogP contribution in [0.3, 0.4) is 0 Å². The quantitative estimate of drug-likeness (QED) is 0.514. The van der Waals surface area contributed by atoms with E-state index in [1.165, 1.54) is 19.3 Å². The number of likely N-dealkylation sites (N-methyl/N-ethyl adjacent to an activating group) is 1. The van der Waals surface area contributed by atoms with Gasteiger partial charge in [0.2, 0.25) is 0 Å². The largest absolute Gasteiger partial charge is 0.384 e. The van der Waals surface area contributed by atoms with E-state index in [2.05, 4.69) is 74.9 Å². The van der Waals surface area contributed by atoms with Crippen LogP contribution in [0.25, 0.3) is 11.3 Å². The summed E-state index contributed by atoms with van der Waals surface area (Å²) in [5.74, 6) is 2.44. The molecule has 3 heterocycles. The molecule has 1 aliphatic heterocycles. The number of carbonyl (C=O) groups excluding carboxylic acids is 1. The molecule has 38 heavy (non-hydrogen) atoms. The summed E-state index contributed by atoms with van der Waals surface area (Å²) in [6.45, 7) is 18.1. The molecule has 7 nitrogen and oxygen atoms in total. The number of nitrogens with one attached hydrogen (secondary N) is 2. The van der Waals surface area contributed by atoms with Gasteiger partial charge in [-0.25, -0.2) is 4.98 Å². The monoisotopic (exact) mass is 520 g/mol. The molecule has 4 atom stereocenters. The Labute approximate surface area is 229 Å². The van der Waals surface area contributed by atoms with Gasteiger partial charge in [-0.15, -0.1) is 0 Å². The van der Waals surface area contributed by atoms with Gasteiger partial charge in [0.05, 0.1) is 11.4 Å². The van der Waals surface area contributed by atoms with E-state index in [4.69, 9.17) is 4.98 Å². The third-order valence-electron chi connectivity index (χ3n) is 10.1. The molecule has 4 unspecified atom stereocenters. The van der Waals surface area contributed by atoms with Crippen molar-refractivity contribution in [1.29, 1.82) is 0 Å². The van der Waals surface area contributed by atoms with Crippen molar-refractivity contribution >= 4 is 17.3 Å². The van der Waals surface area contributed by atoms with Gasteiger partial charge in [-0.05, 0) is 87.0 Å². The zero-order valence-electron chi connectivity index (χ0n) is 24.4. The molecule has 2 aromatic heterocycles. The van der Waals surface area contributed by atoms with Crippen molar-refractivity contribution < 1.29 is 4.79 Å². The normalized spacial score (nSPS) is 27.7. The van der Waals surface area contributed by atoms with Crippen LogP contribution < -0.4 is 10.6 Å². The Bertz CT molecular complexity index is 1180. The number of imidazole rings is 1. The number of nitrogens with zero attached hydrogens (tertiary/aromatic N) is 4. The van der Waals surface area contributed by atoms with E-state index < -0.39 is 0 Å². The molecule has 1 amide bonds. The lowest BCUT2D eigenvalue weighted by atomic mass is 9.45. The molecule has 4 aliphatic rings. The second-order valence-corrected chi connectivity index (χ2v) is 13.6. The fourth-order valence-corrected chi connectivity index (χ4v) is 7.50. The van der Waals surface area contributed by atoms with Crippen LogP contribution >= 0.6 is 0 Å². The van der Waals surface area contributed by atoms with Crippen molar-refractivity contribution in [2.75, 3.05) is 46.8 Å². The number of pyridine rings is 1. The van der Waals surface area contributed by atoms with Crippen LogP contribution in [-0.2, 0) is 0 Å². The molecule has 0 spiro atoms. The zero-order chi connectivity index (χ0) is 27.2. The van der Waals surface area contributed by atoms with E-state index in [1.807, 2.05) is 22.7 Å². The smallest absolute Gasteiger partial charge is 0.274 e. The molecule has 3 saturated carbocycles. The average molecular weight is 521 g/mol. The molecular weight excluding hydrogens is 472 g/mol. The average Bonchev–Trinajstić information content (AvgIpc) is 3.32. The summed E-state index contributed by atoms with van der Waals surface area (Å²) >= 11 is 0. The van der Waals surface area contributed by atoms with Gasteiger partial charge in [0, 0.05) is 38.4 Å². The first-order valence-electron chi connectivity index (χ1n) is 14.6. The highest BCUT2D eigenvalue weighted by atomic mass is 16.2. The number of hydrogen-bond acceptors (Lipinski definition) is 5. The van der Waals surface area contributed by atoms with Crippen LogP contribution in [0, 0.1) is 28.6 Å². The number of aromatic nitrogens is 2. The third-order valence-corrected chi connectivity index (χ3v) is 10.1. The van der Waals surface area contributed by atoms with Crippen molar-refractivity contribution in [2.24, 2.45) is 28.6 Å². The fraction of sp³-hybridized carbons (Fsp3) is 0.677. The molecule has 208 valence electrons. The summed E-state index contributed by atoms with van der Waals surface area (Å²) in [5.41, 5.74) is 3.64.